The van der Waals surface area contributed by atoms with Gasteiger partial charge in [-0.05, 0) is 90.6 Å². The Hall–Kier alpha value is -4.59. The number of hydrogen-bond acceptors (Lipinski definition) is 3. The smallest absolute Gasteiger partial charge is 0.228 e. The van der Waals surface area contributed by atoms with E-state index in [9.17, 15) is 9.59 Å². The van der Waals surface area contributed by atoms with E-state index in [1.807, 2.05) is 74.5 Å². The fraction of sp³-hybridized carbons (Fsp3) is 0.300. The maximum Gasteiger partial charge on any atom is 0.228 e. The molecule has 3 aromatic carbocycles. The van der Waals surface area contributed by atoms with E-state index >= 15 is 0 Å². The van der Waals surface area contributed by atoms with Crippen LogP contribution in [0.2, 0.25) is 5.02 Å². The van der Waals surface area contributed by atoms with Crippen LogP contribution in [0.4, 0.5) is 11.4 Å². The molecule has 8 heteroatoms. The van der Waals surface area contributed by atoms with Gasteiger partial charge in [0, 0.05) is 35.4 Å². The zero-order valence-corrected chi connectivity index (χ0v) is 28.8. The van der Waals surface area contributed by atoms with Crippen LogP contribution in [-0.4, -0.2) is 28.4 Å². The largest absolute Gasteiger partial charge is 0.377 e. The van der Waals surface area contributed by atoms with E-state index in [0.717, 1.165) is 51.4 Å². The van der Waals surface area contributed by atoms with Crippen molar-refractivity contribution < 1.29 is 14.3 Å². The van der Waals surface area contributed by atoms with Crippen LogP contribution in [-0.2, 0) is 40.2 Å². The highest BCUT2D eigenvalue weighted by atomic mass is 35.5. The van der Waals surface area contributed by atoms with Crippen molar-refractivity contribution in [3.8, 4) is 11.3 Å². The molecule has 1 saturated carbocycles. The van der Waals surface area contributed by atoms with Crippen molar-refractivity contribution in [3.63, 3.8) is 0 Å². The molecule has 2 heterocycles. The van der Waals surface area contributed by atoms with Gasteiger partial charge in [0.25, 0.3) is 0 Å². The molecule has 0 radical (unpaired) electrons. The number of anilines is 2. The molecule has 1 aliphatic rings. The topological polar surface area (TPSA) is 99.0 Å². The normalized spacial score (nSPS) is 12.9. The number of ether oxygens (including phenoxy) is 1. The molecule has 0 spiro atoms. The number of aromatic nitrogens is 2. The van der Waals surface area contributed by atoms with Gasteiger partial charge in [0.15, 0.2) is 0 Å². The predicted molar refractivity (Wildman–Crippen MR) is 195 cm³/mol. The number of hydrogen-bond donors (Lipinski definition) is 4. The van der Waals surface area contributed by atoms with Crippen LogP contribution >= 0.6 is 11.6 Å². The van der Waals surface area contributed by atoms with Crippen molar-refractivity contribution in [3.05, 3.63) is 130 Å². The molecule has 5 aromatic rings. The van der Waals surface area contributed by atoms with E-state index in [0.29, 0.717) is 36.5 Å². The van der Waals surface area contributed by atoms with E-state index in [1.165, 1.54) is 24.8 Å². The van der Waals surface area contributed by atoms with Crippen LogP contribution in [0.15, 0.2) is 97.3 Å². The molecule has 1 aliphatic carbocycles. The zero-order chi connectivity index (χ0) is 33.9. The number of aryl methyl sites for hydroxylation is 1. The maximum absolute atomic E-state index is 12.4. The molecule has 0 aliphatic heterocycles. The third kappa shape index (κ3) is 10.5. The summed E-state index contributed by atoms with van der Waals surface area (Å²) < 4.78 is 5.34. The number of aromatic amines is 2. The SMILES string of the molecule is CCC1(Cc2ccc(CC(=O)Nc3c[nH]c(-c4cccc(Cl)c4)c3)cc2)CC1.CCOCc1ccc(CC(=O)Nc2c[nH]c(C)c2)cc1. The Morgan fingerprint density at radius 2 is 1.35 bits per heavy atom. The lowest BCUT2D eigenvalue weighted by Gasteiger charge is -2.12. The summed E-state index contributed by atoms with van der Waals surface area (Å²) >= 11 is 6.05. The molecule has 6 rings (SSSR count). The van der Waals surface area contributed by atoms with E-state index in [-0.39, 0.29) is 11.8 Å². The average Bonchev–Trinajstić information content (AvgIpc) is 3.48. The van der Waals surface area contributed by atoms with Crippen molar-refractivity contribution in [1.29, 1.82) is 0 Å². The lowest BCUT2D eigenvalue weighted by atomic mass is 9.93. The van der Waals surface area contributed by atoms with E-state index in [2.05, 4.69) is 51.8 Å². The quantitative estimate of drug-likeness (QED) is 0.101. The first-order chi connectivity index (χ1) is 23.2. The van der Waals surface area contributed by atoms with E-state index in [4.69, 9.17) is 16.3 Å². The highest BCUT2D eigenvalue weighted by molar-refractivity contribution is 6.30. The van der Waals surface area contributed by atoms with E-state index in [1.54, 1.807) is 12.4 Å². The number of benzene rings is 3. The van der Waals surface area contributed by atoms with Crippen LogP contribution in [0.1, 0.15) is 61.1 Å². The molecule has 0 saturated heterocycles. The summed E-state index contributed by atoms with van der Waals surface area (Å²) in [6, 6.07) is 27.9. The Morgan fingerprint density at radius 3 is 1.90 bits per heavy atom. The molecule has 0 atom stereocenters. The minimum absolute atomic E-state index is 0.0124. The molecule has 2 aromatic heterocycles. The van der Waals surface area contributed by atoms with Gasteiger partial charge in [0.1, 0.15) is 0 Å². The second kappa shape index (κ2) is 16.5. The number of amides is 2. The molecule has 0 bridgehead atoms. The van der Waals surface area contributed by atoms with E-state index < -0.39 is 0 Å². The second-order valence-corrected chi connectivity index (χ2v) is 13.1. The number of halogens is 1. The van der Waals surface area contributed by atoms with Gasteiger partial charge < -0.3 is 25.3 Å². The Bertz CT molecular complexity index is 1790. The van der Waals surface area contributed by atoms with Gasteiger partial charge in [-0.15, -0.1) is 0 Å². The van der Waals surface area contributed by atoms with Crippen molar-refractivity contribution >= 4 is 34.8 Å². The third-order valence-electron chi connectivity index (χ3n) is 8.75. The first-order valence-electron chi connectivity index (χ1n) is 16.6. The Labute approximate surface area is 288 Å². The standard InChI is InChI=1S/C24H25ClN2O.C16H20N2O2/c1-2-24(10-11-24)15-18-8-6-17(7-9-18)12-23(28)27-21-14-22(26-16-21)19-4-3-5-20(25)13-19;1-3-20-11-14-6-4-13(5-7-14)9-16(19)18-15-8-12(2)17-10-15/h3-9,13-14,16,26H,2,10-12,15H2,1H3,(H,27,28);4-8,10,17H,3,9,11H2,1-2H3,(H,18,19). The van der Waals surface area contributed by atoms with Crippen LogP contribution in [0.25, 0.3) is 11.3 Å². The summed E-state index contributed by atoms with van der Waals surface area (Å²) in [5, 5.41) is 6.52. The number of nitrogens with one attached hydrogen (secondary N) is 4. The van der Waals surface area contributed by atoms with Gasteiger partial charge in [-0.2, -0.15) is 0 Å². The summed E-state index contributed by atoms with van der Waals surface area (Å²) in [4.78, 5) is 30.5. The van der Waals surface area contributed by atoms with Gasteiger partial charge in [0.05, 0.1) is 30.8 Å². The monoisotopic (exact) mass is 664 g/mol. The molecule has 48 heavy (non-hydrogen) atoms. The summed E-state index contributed by atoms with van der Waals surface area (Å²) in [5.74, 6) is -0.0295. The lowest BCUT2D eigenvalue weighted by molar-refractivity contribution is -0.116. The van der Waals surface area contributed by atoms with Crippen molar-refractivity contribution in [1.82, 2.24) is 9.97 Å². The fourth-order valence-electron chi connectivity index (χ4n) is 5.66. The minimum atomic E-state index is -0.0170. The molecule has 7 nitrogen and oxygen atoms in total. The second-order valence-electron chi connectivity index (χ2n) is 12.6. The van der Waals surface area contributed by atoms with Gasteiger partial charge >= 0.3 is 0 Å². The Balaban J connectivity index is 0.000000199. The molecule has 250 valence electrons. The van der Waals surface area contributed by atoms with Crippen LogP contribution in [0.3, 0.4) is 0 Å². The molecule has 0 unspecified atom stereocenters. The van der Waals surface area contributed by atoms with Crippen molar-refractivity contribution in [2.45, 2.75) is 65.9 Å². The fourth-order valence-corrected chi connectivity index (χ4v) is 5.85. The van der Waals surface area contributed by atoms with Crippen LogP contribution in [0.5, 0.6) is 0 Å². The maximum atomic E-state index is 12.4. The van der Waals surface area contributed by atoms with Gasteiger partial charge in [0.2, 0.25) is 11.8 Å². The molecular formula is C40H45ClN4O3. The molecule has 2 amide bonds. The number of H-pyrrole nitrogens is 2. The van der Waals surface area contributed by atoms with Crippen molar-refractivity contribution in [2.75, 3.05) is 17.2 Å². The summed E-state index contributed by atoms with van der Waals surface area (Å²) in [5.41, 5.74) is 9.58. The number of carbonyl (C=O) groups is 2. The molecule has 4 N–H and O–H groups in total. The highest BCUT2D eigenvalue weighted by Crippen LogP contribution is 2.51. The van der Waals surface area contributed by atoms with Gasteiger partial charge in [-0.3, -0.25) is 9.59 Å². The average molecular weight is 665 g/mol. The summed E-state index contributed by atoms with van der Waals surface area (Å²) in [6.07, 6.45) is 9.45. The van der Waals surface area contributed by atoms with Crippen molar-refractivity contribution in [2.24, 2.45) is 5.41 Å². The summed E-state index contributed by atoms with van der Waals surface area (Å²) in [7, 11) is 0. The predicted octanol–water partition coefficient (Wildman–Crippen LogP) is 9.29. The Kier molecular flexibility index (Phi) is 11.9. The minimum Gasteiger partial charge on any atom is -0.377 e. The van der Waals surface area contributed by atoms with Gasteiger partial charge in [-0.25, -0.2) is 0 Å². The van der Waals surface area contributed by atoms with Crippen LogP contribution in [0, 0.1) is 12.3 Å². The highest BCUT2D eigenvalue weighted by Gasteiger charge is 2.40. The van der Waals surface area contributed by atoms with Crippen LogP contribution < -0.4 is 10.6 Å². The summed E-state index contributed by atoms with van der Waals surface area (Å²) in [6.45, 7) is 7.53. The Morgan fingerprint density at radius 1 is 0.771 bits per heavy atom. The zero-order valence-electron chi connectivity index (χ0n) is 28.0. The molecular weight excluding hydrogens is 620 g/mol. The van der Waals surface area contributed by atoms with Gasteiger partial charge in [-0.1, -0.05) is 85.6 Å². The number of rotatable bonds is 13. The first kappa shape index (κ1) is 34.7. The molecule has 1 fully saturated rings. The first-order valence-corrected chi connectivity index (χ1v) is 17.0. The number of carbonyl (C=O) groups excluding carboxylic acids is 2. The third-order valence-corrected chi connectivity index (χ3v) is 8.98. The lowest BCUT2D eigenvalue weighted by Crippen LogP contribution is -2.14.